The van der Waals surface area contributed by atoms with Gasteiger partial charge in [-0.2, -0.15) is 0 Å². The van der Waals surface area contributed by atoms with Crippen LogP contribution in [0, 0.1) is 0 Å². The van der Waals surface area contributed by atoms with E-state index in [9.17, 15) is 4.79 Å². The Morgan fingerprint density at radius 3 is 2.74 bits per heavy atom. The molecule has 0 radical (unpaired) electrons. The molecule has 7 heteroatoms. The molecule has 1 aromatic rings. The largest absolute Gasteiger partial charge is 0.449 e. The molecule has 0 aliphatic carbocycles. The fraction of sp³-hybridized carbons (Fsp3) is 0.417. The van der Waals surface area contributed by atoms with E-state index in [2.05, 4.69) is 0 Å². The first-order chi connectivity index (χ1) is 9.07. The van der Waals surface area contributed by atoms with Gasteiger partial charge in [0.05, 0.1) is 25.0 Å². The maximum absolute atomic E-state index is 12.1. The number of carbonyl (C=O) groups is 1. The molecule has 0 aromatic heterocycles. The molecule has 0 spiro atoms. The van der Waals surface area contributed by atoms with Crippen LogP contribution in [0.5, 0.6) is 0 Å². The van der Waals surface area contributed by atoms with E-state index in [0.29, 0.717) is 12.3 Å². The second kappa shape index (κ2) is 6.01. The third-order valence-electron chi connectivity index (χ3n) is 2.47. The number of nitrogens with zero attached hydrogens (tertiary/aromatic N) is 1. The Morgan fingerprint density at radius 2 is 2.21 bits per heavy atom. The summed E-state index contributed by atoms with van der Waals surface area (Å²) in [7, 11) is 0. The van der Waals surface area contributed by atoms with Crippen molar-refractivity contribution >= 4 is 30.2 Å². The number of carbonyl (C=O) groups excluding carboxylic acids is 1. The molecule has 1 aromatic carbocycles. The molecule has 1 aliphatic rings. The van der Waals surface area contributed by atoms with Gasteiger partial charge in [0.15, 0.2) is 0 Å². The predicted molar refractivity (Wildman–Crippen MR) is 76.7 cm³/mol. The number of ether oxygens (including phenoxy) is 1. The van der Waals surface area contributed by atoms with E-state index in [1.807, 2.05) is 25.1 Å². The van der Waals surface area contributed by atoms with Crippen LogP contribution in [0.3, 0.4) is 0 Å². The summed E-state index contributed by atoms with van der Waals surface area (Å²) < 4.78 is 17.6. The van der Waals surface area contributed by atoms with Crippen LogP contribution in [0.15, 0.2) is 30.3 Å². The highest BCUT2D eigenvalue weighted by atomic mass is 32.5. The smallest absolute Gasteiger partial charge is 0.421 e. The number of amides is 1. The minimum absolute atomic E-state index is 0.119. The van der Waals surface area contributed by atoms with E-state index in [4.69, 9.17) is 25.6 Å². The van der Waals surface area contributed by atoms with Crippen LogP contribution in [0.25, 0.3) is 0 Å². The van der Waals surface area contributed by atoms with Crippen LogP contribution >= 0.6 is 6.64 Å². The summed E-state index contributed by atoms with van der Waals surface area (Å²) in [5.74, 6) is 0. The van der Waals surface area contributed by atoms with Crippen molar-refractivity contribution in [3.63, 3.8) is 0 Å². The second-order valence-corrected chi connectivity index (χ2v) is 7.22. The standard InChI is InChI=1S/C12H16NO4PS/c1-3-15-12(14)13(11-7-5-4-6-8-11)18(19)16-9-10(2)17-18/h4-8,10H,3,9H2,1-2H3/t10-,18-/m1/s1. The minimum atomic E-state index is -2.85. The quantitative estimate of drug-likeness (QED) is 0.802. The molecule has 19 heavy (non-hydrogen) atoms. The van der Waals surface area contributed by atoms with Crippen molar-refractivity contribution in [2.24, 2.45) is 0 Å². The molecule has 2 rings (SSSR count). The molecule has 1 amide bonds. The molecular weight excluding hydrogens is 285 g/mol. The normalized spacial score (nSPS) is 26.1. The van der Waals surface area contributed by atoms with Gasteiger partial charge in [0.1, 0.15) is 0 Å². The maximum Gasteiger partial charge on any atom is 0.421 e. The third-order valence-corrected chi connectivity index (χ3v) is 5.52. The monoisotopic (exact) mass is 301 g/mol. The van der Waals surface area contributed by atoms with Crippen molar-refractivity contribution in [1.29, 1.82) is 0 Å². The molecule has 0 N–H and O–H groups in total. The van der Waals surface area contributed by atoms with Crippen molar-refractivity contribution < 1.29 is 18.6 Å². The van der Waals surface area contributed by atoms with Crippen LogP contribution in [0.4, 0.5) is 10.5 Å². The number of hydrogen-bond donors (Lipinski definition) is 0. The van der Waals surface area contributed by atoms with Gasteiger partial charge in [-0.25, -0.2) is 9.46 Å². The highest BCUT2D eigenvalue weighted by molar-refractivity contribution is 8.11. The highest BCUT2D eigenvalue weighted by Crippen LogP contribution is 2.59. The lowest BCUT2D eigenvalue weighted by atomic mass is 10.3. The number of rotatable bonds is 3. The molecule has 1 heterocycles. The van der Waals surface area contributed by atoms with Crippen LogP contribution in [-0.2, 0) is 25.6 Å². The molecule has 104 valence electrons. The third kappa shape index (κ3) is 3.15. The summed E-state index contributed by atoms with van der Waals surface area (Å²) in [6.45, 7) is 1.42. The fourth-order valence-electron chi connectivity index (χ4n) is 1.69. The summed E-state index contributed by atoms with van der Waals surface area (Å²) in [5, 5.41) is 0. The number of para-hydroxylation sites is 1. The van der Waals surface area contributed by atoms with Crippen LogP contribution in [0.1, 0.15) is 13.8 Å². The molecule has 0 bridgehead atoms. The average Bonchev–Trinajstić information content (AvgIpc) is 2.71. The Balaban J connectivity index is 2.35. The summed E-state index contributed by atoms with van der Waals surface area (Å²) in [5.41, 5.74) is 0.624. The molecule has 0 saturated carbocycles. The van der Waals surface area contributed by atoms with Gasteiger partial charge < -0.3 is 13.8 Å². The summed E-state index contributed by atoms with van der Waals surface area (Å²) >= 11 is 5.43. The zero-order valence-corrected chi connectivity index (χ0v) is 12.5. The van der Waals surface area contributed by atoms with E-state index in [1.165, 1.54) is 4.67 Å². The molecule has 0 unspecified atom stereocenters. The van der Waals surface area contributed by atoms with E-state index in [-0.39, 0.29) is 12.7 Å². The lowest BCUT2D eigenvalue weighted by molar-refractivity contribution is 0.163. The molecule has 5 nitrogen and oxygen atoms in total. The minimum Gasteiger partial charge on any atom is -0.449 e. The molecule has 1 fully saturated rings. The fourth-order valence-corrected chi connectivity index (χ4v) is 4.66. The van der Waals surface area contributed by atoms with Gasteiger partial charge in [0.2, 0.25) is 0 Å². The average molecular weight is 301 g/mol. The van der Waals surface area contributed by atoms with Crippen LogP contribution in [-0.4, -0.2) is 25.4 Å². The summed E-state index contributed by atoms with van der Waals surface area (Å²) in [4.78, 5) is 12.1. The van der Waals surface area contributed by atoms with Gasteiger partial charge in [-0.15, -0.1) is 0 Å². The van der Waals surface area contributed by atoms with E-state index >= 15 is 0 Å². The van der Waals surface area contributed by atoms with Crippen LogP contribution in [0.2, 0.25) is 0 Å². The van der Waals surface area contributed by atoms with E-state index in [0.717, 1.165) is 0 Å². The van der Waals surface area contributed by atoms with Crippen molar-refractivity contribution in [2.75, 3.05) is 17.9 Å². The molecule has 1 aliphatic heterocycles. The van der Waals surface area contributed by atoms with Crippen molar-refractivity contribution in [1.82, 2.24) is 0 Å². The number of benzene rings is 1. The zero-order chi connectivity index (χ0) is 13.9. The molecule has 2 atom stereocenters. The first kappa shape index (κ1) is 14.5. The van der Waals surface area contributed by atoms with Gasteiger partial charge in [0, 0.05) is 0 Å². The topological polar surface area (TPSA) is 48.0 Å². The lowest BCUT2D eigenvalue weighted by Crippen LogP contribution is -2.28. The van der Waals surface area contributed by atoms with Crippen molar-refractivity contribution in [3.05, 3.63) is 30.3 Å². The number of hydrogen-bond acceptors (Lipinski definition) is 5. The predicted octanol–water partition coefficient (Wildman–Crippen LogP) is 3.31. The van der Waals surface area contributed by atoms with E-state index in [1.54, 1.807) is 19.1 Å². The van der Waals surface area contributed by atoms with Crippen molar-refractivity contribution in [2.45, 2.75) is 20.0 Å². The molecular formula is C12H16NO4PS. The second-order valence-electron chi connectivity index (χ2n) is 4.03. The Bertz CT molecular complexity index is 496. The van der Waals surface area contributed by atoms with Crippen LogP contribution < -0.4 is 4.67 Å². The van der Waals surface area contributed by atoms with Gasteiger partial charge >= 0.3 is 6.09 Å². The van der Waals surface area contributed by atoms with Crippen molar-refractivity contribution in [3.8, 4) is 0 Å². The highest BCUT2D eigenvalue weighted by Gasteiger charge is 2.41. The van der Waals surface area contributed by atoms with Gasteiger partial charge in [-0.1, -0.05) is 18.2 Å². The lowest BCUT2D eigenvalue weighted by Gasteiger charge is -2.28. The van der Waals surface area contributed by atoms with Gasteiger partial charge in [-0.3, -0.25) is 0 Å². The number of anilines is 1. The maximum atomic E-state index is 12.1. The first-order valence-electron chi connectivity index (χ1n) is 6.02. The summed E-state index contributed by atoms with van der Waals surface area (Å²) in [6, 6.07) is 9.06. The molecule has 1 saturated heterocycles. The SMILES string of the molecule is CCOC(=O)N(c1ccccc1)[P@@]1(=S)OC[C@@H](C)O1. The zero-order valence-electron chi connectivity index (χ0n) is 10.8. The summed E-state index contributed by atoms with van der Waals surface area (Å²) in [6.07, 6.45) is -0.655. The Labute approximate surface area is 117 Å². The first-order valence-corrected chi connectivity index (χ1v) is 8.61. The van der Waals surface area contributed by atoms with Gasteiger partial charge in [0.25, 0.3) is 6.64 Å². The van der Waals surface area contributed by atoms with E-state index < -0.39 is 12.7 Å². The Morgan fingerprint density at radius 1 is 1.53 bits per heavy atom. The van der Waals surface area contributed by atoms with Gasteiger partial charge in [-0.05, 0) is 37.8 Å². The Hall–Kier alpha value is -0.940. The Kier molecular flexibility index (Phi) is 4.58.